The molecule has 2 aromatic rings. The van der Waals surface area contributed by atoms with Gasteiger partial charge in [0.15, 0.2) is 11.5 Å². The molecular weight excluding hydrogens is 383 g/mol. The van der Waals surface area contributed by atoms with E-state index in [2.05, 4.69) is 4.90 Å². The monoisotopic (exact) mass is 406 g/mol. The summed E-state index contributed by atoms with van der Waals surface area (Å²) >= 11 is 0. The Bertz CT molecular complexity index is 972. The molecule has 0 unspecified atom stereocenters. The number of hydrogen-bond acceptors (Lipinski definition) is 5. The van der Waals surface area contributed by atoms with Crippen molar-refractivity contribution in [2.24, 2.45) is 0 Å². The minimum Gasteiger partial charge on any atom is -0.486 e. The zero-order valence-electron chi connectivity index (χ0n) is 15.7. The maximum Gasteiger partial charge on any atom is 0.243 e. The number of sulfonamides is 1. The van der Waals surface area contributed by atoms with E-state index in [9.17, 15) is 12.8 Å². The first kappa shape index (κ1) is 19.2. The van der Waals surface area contributed by atoms with Crippen molar-refractivity contribution in [3.05, 3.63) is 53.3 Å². The number of nitrogens with zero attached hydrogens (tertiary/aromatic N) is 2. The number of rotatable bonds is 4. The molecule has 0 radical (unpaired) electrons. The van der Waals surface area contributed by atoms with E-state index in [4.69, 9.17) is 9.47 Å². The highest BCUT2D eigenvalue weighted by Crippen LogP contribution is 2.31. The van der Waals surface area contributed by atoms with Crippen molar-refractivity contribution < 1.29 is 22.3 Å². The maximum absolute atomic E-state index is 13.3. The van der Waals surface area contributed by atoms with Gasteiger partial charge in [0.05, 0.1) is 4.90 Å². The average Bonchev–Trinajstić information content (AvgIpc) is 2.68. The van der Waals surface area contributed by atoms with E-state index in [0.717, 1.165) is 23.6 Å². The predicted molar refractivity (Wildman–Crippen MR) is 103 cm³/mol. The summed E-state index contributed by atoms with van der Waals surface area (Å²) < 4.78 is 51.8. The third kappa shape index (κ3) is 3.85. The highest BCUT2D eigenvalue weighted by molar-refractivity contribution is 7.89. The third-order valence-electron chi connectivity index (χ3n) is 5.10. The van der Waals surface area contributed by atoms with Crippen LogP contribution in [-0.4, -0.2) is 57.0 Å². The fourth-order valence-corrected chi connectivity index (χ4v) is 5.24. The van der Waals surface area contributed by atoms with Gasteiger partial charge in [0.25, 0.3) is 0 Å². The molecule has 1 fully saturated rings. The van der Waals surface area contributed by atoms with Crippen LogP contribution in [0.5, 0.6) is 11.5 Å². The smallest absolute Gasteiger partial charge is 0.243 e. The topological polar surface area (TPSA) is 59.1 Å². The van der Waals surface area contributed by atoms with Gasteiger partial charge in [-0.1, -0.05) is 6.07 Å². The fourth-order valence-electron chi connectivity index (χ4n) is 3.61. The Labute approximate surface area is 164 Å². The maximum atomic E-state index is 13.3. The molecule has 0 aromatic heterocycles. The van der Waals surface area contributed by atoms with Crippen molar-refractivity contribution >= 4 is 10.0 Å². The Balaban J connectivity index is 1.40. The molecule has 2 aliphatic rings. The van der Waals surface area contributed by atoms with Gasteiger partial charge in [0.2, 0.25) is 10.0 Å². The summed E-state index contributed by atoms with van der Waals surface area (Å²) in [4.78, 5) is 2.39. The lowest BCUT2D eigenvalue weighted by Gasteiger charge is -2.34. The molecule has 6 nitrogen and oxygen atoms in total. The molecule has 150 valence electrons. The van der Waals surface area contributed by atoms with Crippen LogP contribution in [0.3, 0.4) is 0 Å². The second-order valence-corrected chi connectivity index (χ2v) is 8.97. The van der Waals surface area contributed by atoms with Gasteiger partial charge in [0.1, 0.15) is 19.0 Å². The Morgan fingerprint density at radius 2 is 1.68 bits per heavy atom. The lowest BCUT2D eigenvalue weighted by molar-refractivity contribution is 0.169. The molecule has 2 aliphatic heterocycles. The van der Waals surface area contributed by atoms with Gasteiger partial charge in [-0.15, -0.1) is 0 Å². The van der Waals surface area contributed by atoms with E-state index in [1.807, 2.05) is 18.2 Å². The summed E-state index contributed by atoms with van der Waals surface area (Å²) in [6.45, 7) is 5.54. The highest BCUT2D eigenvalue weighted by atomic mass is 32.2. The number of halogens is 1. The second kappa shape index (κ2) is 7.69. The first-order valence-electron chi connectivity index (χ1n) is 9.31. The number of piperazine rings is 1. The molecule has 0 N–H and O–H groups in total. The van der Waals surface area contributed by atoms with E-state index in [1.165, 1.54) is 22.5 Å². The number of fused-ring (bicyclic) bond motifs is 1. The molecule has 4 rings (SSSR count). The van der Waals surface area contributed by atoms with E-state index in [1.54, 1.807) is 6.92 Å². The summed E-state index contributed by atoms with van der Waals surface area (Å²) in [5, 5.41) is 0. The molecule has 0 aliphatic carbocycles. The molecule has 2 aromatic carbocycles. The van der Waals surface area contributed by atoms with Crippen LogP contribution in [0.4, 0.5) is 4.39 Å². The second-order valence-electron chi connectivity index (χ2n) is 7.07. The average molecular weight is 406 g/mol. The van der Waals surface area contributed by atoms with Crippen LogP contribution in [0.2, 0.25) is 0 Å². The molecule has 0 amide bonds. The van der Waals surface area contributed by atoms with Crippen LogP contribution in [0, 0.1) is 12.7 Å². The molecule has 28 heavy (non-hydrogen) atoms. The molecule has 0 saturated carbocycles. The first-order valence-corrected chi connectivity index (χ1v) is 10.7. The van der Waals surface area contributed by atoms with Crippen molar-refractivity contribution in [2.45, 2.75) is 18.4 Å². The van der Waals surface area contributed by atoms with Crippen LogP contribution in [0.25, 0.3) is 0 Å². The Hall–Kier alpha value is -2.16. The van der Waals surface area contributed by atoms with Crippen LogP contribution >= 0.6 is 0 Å². The van der Waals surface area contributed by atoms with Crippen molar-refractivity contribution in [1.29, 1.82) is 0 Å². The van der Waals surface area contributed by atoms with Gasteiger partial charge in [-0.2, -0.15) is 4.31 Å². The number of benzene rings is 2. The van der Waals surface area contributed by atoms with Crippen molar-refractivity contribution in [3.8, 4) is 11.5 Å². The van der Waals surface area contributed by atoms with Gasteiger partial charge in [-0.25, -0.2) is 12.8 Å². The summed E-state index contributed by atoms with van der Waals surface area (Å²) in [5.41, 5.74) is 1.54. The predicted octanol–water partition coefficient (Wildman–Crippen LogP) is 2.41. The zero-order chi connectivity index (χ0) is 19.7. The SMILES string of the molecule is Cc1cc(F)ccc1S(=O)(=O)N1CCN(Cc2ccc3c(c2)OCCO3)CC1. The minimum absolute atomic E-state index is 0.175. The molecule has 0 atom stereocenters. The summed E-state index contributed by atoms with van der Waals surface area (Å²) in [6, 6.07) is 9.71. The van der Waals surface area contributed by atoms with Crippen LogP contribution in [0.1, 0.15) is 11.1 Å². The summed E-state index contributed by atoms with van der Waals surface area (Å²) in [6.07, 6.45) is 0. The van der Waals surface area contributed by atoms with Gasteiger partial charge < -0.3 is 9.47 Å². The molecular formula is C20H23FN2O4S. The van der Waals surface area contributed by atoms with Crippen molar-refractivity contribution in [2.75, 3.05) is 39.4 Å². The Morgan fingerprint density at radius 3 is 2.39 bits per heavy atom. The van der Waals surface area contributed by atoms with Crippen molar-refractivity contribution in [1.82, 2.24) is 9.21 Å². The Morgan fingerprint density at radius 1 is 0.964 bits per heavy atom. The molecule has 1 saturated heterocycles. The first-order chi connectivity index (χ1) is 13.4. The van der Waals surface area contributed by atoms with E-state index < -0.39 is 15.8 Å². The molecule has 2 heterocycles. The summed E-state index contributed by atoms with van der Waals surface area (Å²) in [7, 11) is -3.61. The van der Waals surface area contributed by atoms with Gasteiger partial charge in [0, 0.05) is 32.7 Å². The van der Waals surface area contributed by atoms with E-state index >= 15 is 0 Å². The third-order valence-corrected chi connectivity index (χ3v) is 7.16. The van der Waals surface area contributed by atoms with Gasteiger partial charge in [-0.05, 0) is 48.4 Å². The minimum atomic E-state index is -3.61. The number of ether oxygens (including phenoxy) is 2. The lowest BCUT2D eigenvalue weighted by atomic mass is 10.1. The van der Waals surface area contributed by atoms with E-state index in [0.29, 0.717) is 45.0 Å². The zero-order valence-corrected chi connectivity index (χ0v) is 16.5. The molecule has 8 heteroatoms. The molecule has 0 bridgehead atoms. The largest absolute Gasteiger partial charge is 0.486 e. The lowest BCUT2D eigenvalue weighted by Crippen LogP contribution is -2.48. The fraction of sp³-hybridized carbons (Fsp3) is 0.400. The summed E-state index contributed by atoms with van der Waals surface area (Å²) in [5.74, 6) is 1.10. The van der Waals surface area contributed by atoms with Crippen molar-refractivity contribution in [3.63, 3.8) is 0 Å². The van der Waals surface area contributed by atoms with Gasteiger partial charge >= 0.3 is 0 Å². The number of hydrogen-bond donors (Lipinski definition) is 0. The molecule has 0 spiro atoms. The highest BCUT2D eigenvalue weighted by Gasteiger charge is 2.29. The normalized spacial score (nSPS) is 18.2. The van der Waals surface area contributed by atoms with Gasteiger partial charge in [-0.3, -0.25) is 4.90 Å². The standard InChI is InChI=1S/C20H23FN2O4S/c1-15-12-17(21)3-5-20(15)28(24,25)23-8-6-22(7-9-23)14-16-2-4-18-19(13-16)27-11-10-26-18/h2-5,12-13H,6-11,14H2,1H3. The quantitative estimate of drug-likeness (QED) is 0.781. The van der Waals surface area contributed by atoms with Crippen LogP contribution in [0.15, 0.2) is 41.3 Å². The van der Waals surface area contributed by atoms with Crippen LogP contribution in [-0.2, 0) is 16.6 Å². The Kier molecular flexibility index (Phi) is 5.27. The number of aryl methyl sites for hydroxylation is 1. The van der Waals surface area contributed by atoms with E-state index in [-0.39, 0.29) is 4.90 Å². The van der Waals surface area contributed by atoms with Crippen LogP contribution < -0.4 is 9.47 Å².